The van der Waals surface area contributed by atoms with Crippen molar-refractivity contribution in [1.29, 1.82) is 0 Å². The zero-order chi connectivity index (χ0) is 20.1. The fourth-order valence-corrected chi connectivity index (χ4v) is 3.09. The molecule has 2 aromatic rings. The summed E-state index contributed by atoms with van der Waals surface area (Å²) < 4.78 is 0. The van der Waals surface area contributed by atoms with Crippen LogP contribution in [0.2, 0.25) is 10.0 Å². The molecule has 8 heteroatoms. The summed E-state index contributed by atoms with van der Waals surface area (Å²) in [6, 6.07) is 9.28. The molecule has 0 fully saturated rings. The summed E-state index contributed by atoms with van der Waals surface area (Å²) in [6.07, 6.45) is 0. The van der Waals surface area contributed by atoms with E-state index in [1.165, 1.54) is 26.0 Å². The summed E-state index contributed by atoms with van der Waals surface area (Å²) in [5, 5.41) is 9.01. The summed E-state index contributed by atoms with van der Waals surface area (Å²) in [7, 11) is 0. The quantitative estimate of drug-likeness (QED) is 0.685. The number of benzene rings is 2. The third-order valence-electron chi connectivity index (χ3n) is 3.61. The highest BCUT2D eigenvalue weighted by Crippen LogP contribution is 2.27. The van der Waals surface area contributed by atoms with Gasteiger partial charge in [-0.2, -0.15) is 0 Å². The second-order valence-electron chi connectivity index (χ2n) is 6.02. The van der Waals surface area contributed by atoms with E-state index in [1.807, 2.05) is 0 Å². The van der Waals surface area contributed by atoms with Gasteiger partial charge in [-0.05, 0) is 42.8 Å². The summed E-state index contributed by atoms with van der Waals surface area (Å²) in [5.74, 6) is -0.961. The standard InChI is InChI=1S/C19H19Cl2N3O3/c1-10(17-5-4-14(20)8-18(17)21)22-19(27)13-6-15(23-11(2)25)9-16(7-13)24-12(3)26/h4-10H,1-3H3,(H,22,27)(H,23,25)(H,24,26). The maximum atomic E-state index is 12.7. The first-order valence-electron chi connectivity index (χ1n) is 8.12. The van der Waals surface area contributed by atoms with Crippen molar-refractivity contribution in [1.82, 2.24) is 5.32 Å². The van der Waals surface area contributed by atoms with Gasteiger partial charge in [-0.3, -0.25) is 14.4 Å². The van der Waals surface area contributed by atoms with Crippen molar-refractivity contribution in [3.05, 3.63) is 57.6 Å². The molecule has 0 spiro atoms. The Morgan fingerprint density at radius 1 is 0.889 bits per heavy atom. The zero-order valence-corrected chi connectivity index (χ0v) is 16.5. The summed E-state index contributed by atoms with van der Waals surface area (Å²) >= 11 is 12.1. The number of hydrogen-bond donors (Lipinski definition) is 3. The maximum absolute atomic E-state index is 12.7. The predicted molar refractivity (Wildman–Crippen MR) is 107 cm³/mol. The smallest absolute Gasteiger partial charge is 0.251 e. The molecule has 0 saturated carbocycles. The molecule has 3 amide bonds. The summed E-state index contributed by atoms with van der Waals surface area (Å²) in [5.41, 5.74) is 1.80. The summed E-state index contributed by atoms with van der Waals surface area (Å²) in [4.78, 5) is 35.3. The van der Waals surface area contributed by atoms with Gasteiger partial charge in [0.2, 0.25) is 11.8 Å². The first-order chi connectivity index (χ1) is 12.7. The van der Waals surface area contributed by atoms with Crippen LogP contribution in [-0.4, -0.2) is 17.7 Å². The van der Waals surface area contributed by atoms with Gasteiger partial charge >= 0.3 is 0 Å². The second-order valence-corrected chi connectivity index (χ2v) is 6.87. The van der Waals surface area contributed by atoms with E-state index < -0.39 is 0 Å². The molecule has 0 heterocycles. The van der Waals surface area contributed by atoms with E-state index in [9.17, 15) is 14.4 Å². The van der Waals surface area contributed by atoms with Gasteiger partial charge in [0.05, 0.1) is 6.04 Å². The van der Waals surface area contributed by atoms with Gasteiger partial charge in [0, 0.05) is 40.8 Å². The highest BCUT2D eigenvalue weighted by molar-refractivity contribution is 6.35. The molecule has 1 atom stereocenters. The lowest BCUT2D eigenvalue weighted by molar-refractivity contribution is -0.115. The van der Waals surface area contributed by atoms with E-state index in [0.29, 0.717) is 21.4 Å². The molecular formula is C19H19Cl2N3O3. The van der Waals surface area contributed by atoms with Gasteiger partial charge in [0.25, 0.3) is 5.91 Å². The molecular weight excluding hydrogens is 389 g/mol. The number of nitrogens with one attached hydrogen (secondary N) is 3. The highest BCUT2D eigenvalue weighted by atomic mass is 35.5. The Kier molecular flexibility index (Phi) is 6.82. The van der Waals surface area contributed by atoms with Crippen LogP contribution < -0.4 is 16.0 Å². The van der Waals surface area contributed by atoms with Gasteiger partial charge in [0.15, 0.2) is 0 Å². The van der Waals surface area contributed by atoms with Crippen molar-refractivity contribution in [3.63, 3.8) is 0 Å². The molecule has 0 aliphatic heterocycles. The molecule has 0 bridgehead atoms. The first-order valence-corrected chi connectivity index (χ1v) is 8.87. The Morgan fingerprint density at radius 3 is 1.93 bits per heavy atom. The third-order valence-corrected chi connectivity index (χ3v) is 4.17. The molecule has 0 aliphatic rings. The Bertz CT molecular complexity index is 866. The average molecular weight is 408 g/mol. The Morgan fingerprint density at radius 2 is 1.44 bits per heavy atom. The van der Waals surface area contributed by atoms with E-state index >= 15 is 0 Å². The van der Waals surface area contributed by atoms with Gasteiger partial charge in [-0.1, -0.05) is 29.3 Å². The number of hydrogen-bond acceptors (Lipinski definition) is 3. The van der Waals surface area contributed by atoms with Crippen molar-refractivity contribution < 1.29 is 14.4 Å². The van der Waals surface area contributed by atoms with Crippen LogP contribution >= 0.6 is 23.2 Å². The number of carbonyl (C=O) groups excluding carboxylic acids is 3. The molecule has 2 aromatic carbocycles. The lowest BCUT2D eigenvalue weighted by Gasteiger charge is -2.17. The Balaban J connectivity index is 2.27. The monoisotopic (exact) mass is 407 g/mol. The fraction of sp³-hybridized carbons (Fsp3) is 0.211. The molecule has 0 aliphatic carbocycles. The molecule has 142 valence electrons. The minimum Gasteiger partial charge on any atom is -0.345 e. The summed E-state index contributed by atoms with van der Waals surface area (Å²) in [6.45, 7) is 4.50. The van der Waals surface area contributed by atoms with Crippen LogP contribution in [0.3, 0.4) is 0 Å². The van der Waals surface area contributed by atoms with Crippen molar-refractivity contribution in [2.75, 3.05) is 10.6 Å². The molecule has 2 rings (SSSR count). The molecule has 0 radical (unpaired) electrons. The van der Waals surface area contributed by atoms with E-state index in [2.05, 4.69) is 16.0 Å². The zero-order valence-electron chi connectivity index (χ0n) is 15.0. The van der Waals surface area contributed by atoms with Crippen LogP contribution in [0, 0.1) is 0 Å². The SMILES string of the molecule is CC(=O)Nc1cc(NC(C)=O)cc(C(=O)NC(C)c2ccc(Cl)cc2Cl)c1. The minimum atomic E-state index is -0.382. The number of amides is 3. The third kappa shape index (κ3) is 5.98. The maximum Gasteiger partial charge on any atom is 0.251 e. The molecule has 0 aromatic heterocycles. The first kappa shape index (κ1) is 20.7. The van der Waals surface area contributed by atoms with Crippen LogP contribution in [0.25, 0.3) is 0 Å². The lowest BCUT2D eigenvalue weighted by atomic mass is 10.1. The number of rotatable bonds is 5. The molecule has 0 saturated heterocycles. The van der Waals surface area contributed by atoms with Gasteiger partial charge in [-0.25, -0.2) is 0 Å². The van der Waals surface area contributed by atoms with E-state index in [0.717, 1.165) is 5.56 Å². The van der Waals surface area contributed by atoms with Gasteiger partial charge in [0.1, 0.15) is 0 Å². The van der Waals surface area contributed by atoms with Crippen LogP contribution in [0.4, 0.5) is 11.4 Å². The van der Waals surface area contributed by atoms with Gasteiger partial charge < -0.3 is 16.0 Å². The van der Waals surface area contributed by atoms with Crippen LogP contribution in [0.15, 0.2) is 36.4 Å². The van der Waals surface area contributed by atoms with Crippen molar-refractivity contribution in [2.45, 2.75) is 26.8 Å². The van der Waals surface area contributed by atoms with Crippen molar-refractivity contribution in [3.8, 4) is 0 Å². The number of carbonyl (C=O) groups is 3. The normalized spacial score (nSPS) is 11.4. The highest BCUT2D eigenvalue weighted by Gasteiger charge is 2.16. The predicted octanol–water partition coefficient (Wildman–Crippen LogP) is 4.40. The second kappa shape index (κ2) is 8.88. The molecule has 1 unspecified atom stereocenters. The van der Waals surface area contributed by atoms with Crippen LogP contribution in [0.5, 0.6) is 0 Å². The Labute approximate surface area is 167 Å². The minimum absolute atomic E-state index is 0.280. The molecule has 3 N–H and O–H groups in total. The topological polar surface area (TPSA) is 87.3 Å². The Hall–Kier alpha value is -2.57. The number of halogens is 2. The van der Waals surface area contributed by atoms with Crippen molar-refractivity contribution in [2.24, 2.45) is 0 Å². The van der Waals surface area contributed by atoms with E-state index in [4.69, 9.17) is 23.2 Å². The lowest BCUT2D eigenvalue weighted by Crippen LogP contribution is -2.27. The van der Waals surface area contributed by atoms with E-state index in [1.54, 1.807) is 31.2 Å². The van der Waals surface area contributed by atoms with E-state index in [-0.39, 0.29) is 29.3 Å². The fourth-order valence-electron chi connectivity index (χ4n) is 2.52. The largest absolute Gasteiger partial charge is 0.345 e. The van der Waals surface area contributed by atoms with Crippen LogP contribution in [0.1, 0.15) is 42.7 Å². The molecule has 27 heavy (non-hydrogen) atoms. The van der Waals surface area contributed by atoms with Crippen LogP contribution in [-0.2, 0) is 9.59 Å². The number of anilines is 2. The van der Waals surface area contributed by atoms with Gasteiger partial charge in [-0.15, -0.1) is 0 Å². The average Bonchev–Trinajstić information content (AvgIpc) is 2.52. The molecule has 6 nitrogen and oxygen atoms in total. The van der Waals surface area contributed by atoms with Crippen molar-refractivity contribution >= 4 is 52.3 Å².